The molecule has 2 heterocycles. The van der Waals surface area contributed by atoms with E-state index in [4.69, 9.17) is 9.26 Å². The first-order chi connectivity index (χ1) is 17.9. The summed E-state index contributed by atoms with van der Waals surface area (Å²) in [7, 11) is 1.69. The molecule has 2 aromatic rings. The lowest BCUT2D eigenvalue weighted by atomic mass is 9.99. The van der Waals surface area contributed by atoms with Crippen LogP contribution < -0.4 is 20.7 Å². The van der Waals surface area contributed by atoms with Crippen LogP contribution in [0, 0.1) is 19.8 Å². The highest BCUT2D eigenvalue weighted by Crippen LogP contribution is 2.31. The maximum absolute atomic E-state index is 13.6. The number of carbonyl (C=O) groups excluding carboxylic acids is 3. The molecule has 1 aliphatic heterocycles. The van der Waals surface area contributed by atoms with Gasteiger partial charge in [0, 0.05) is 31.2 Å². The van der Waals surface area contributed by atoms with Gasteiger partial charge in [0.1, 0.15) is 23.2 Å². The van der Waals surface area contributed by atoms with E-state index in [1.54, 1.807) is 55.8 Å². The Balaban J connectivity index is 1.88. The number of rotatable bonds is 7. The van der Waals surface area contributed by atoms with Crippen LogP contribution in [0.2, 0.25) is 0 Å². The van der Waals surface area contributed by atoms with E-state index in [1.165, 1.54) is 0 Å². The highest BCUT2D eigenvalue weighted by atomic mass is 16.5. The lowest BCUT2D eigenvalue weighted by Gasteiger charge is -2.38. The average molecular weight is 531 g/mol. The van der Waals surface area contributed by atoms with E-state index in [0.717, 1.165) is 0 Å². The minimum atomic E-state index is -0.525. The lowest BCUT2D eigenvalue weighted by molar-refractivity contribution is 0.0366. The molecule has 5 amide bonds. The summed E-state index contributed by atoms with van der Waals surface area (Å²) in [5.41, 5.74) is 1.63. The van der Waals surface area contributed by atoms with E-state index < -0.39 is 18.2 Å². The highest BCUT2D eigenvalue weighted by Gasteiger charge is 2.34. The maximum Gasteiger partial charge on any atom is 0.323 e. The number of likely N-dealkylation sites (N-methyl/N-ethyl adjacent to an activating group) is 1. The molecule has 1 aromatic carbocycles. The molecule has 1 aliphatic rings. The third-order valence-corrected chi connectivity index (χ3v) is 6.41. The molecule has 0 unspecified atom stereocenters. The third-order valence-electron chi connectivity index (χ3n) is 6.41. The quantitative estimate of drug-likeness (QED) is 0.429. The van der Waals surface area contributed by atoms with Gasteiger partial charge >= 0.3 is 12.1 Å². The van der Waals surface area contributed by atoms with Gasteiger partial charge in [0.05, 0.1) is 24.8 Å². The number of nitrogens with zero attached hydrogens (tertiary/aromatic N) is 3. The van der Waals surface area contributed by atoms with Crippen LogP contribution in [0.25, 0.3) is 0 Å². The summed E-state index contributed by atoms with van der Waals surface area (Å²) < 4.78 is 11.4. The van der Waals surface area contributed by atoms with E-state index in [-0.39, 0.29) is 42.6 Å². The number of fused-ring (bicyclic) bond motifs is 1. The van der Waals surface area contributed by atoms with Gasteiger partial charge in [0.25, 0.3) is 5.91 Å². The molecule has 0 radical (unpaired) electrons. The Hall–Kier alpha value is -3.80. The molecular weight excluding hydrogens is 492 g/mol. The molecule has 3 rings (SSSR count). The zero-order valence-corrected chi connectivity index (χ0v) is 23.0. The summed E-state index contributed by atoms with van der Waals surface area (Å²) in [6, 6.07) is 3.60. The summed E-state index contributed by atoms with van der Waals surface area (Å²) in [6.45, 7) is 11.3. The fourth-order valence-corrected chi connectivity index (χ4v) is 4.17. The zero-order chi connectivity index (χ0) is 28.1. The summed E-state index contributed by atoms with van der Waals surface area (Å²) >= 11 is 0. The van der Waals surface area contributed by atoms with Crippen molar-refractivity contribution in [1.29, 1.82) is 0 Å². The van der Waals surface area contributed by atoms with E-state index in [2.05, 4.69) is 21.1 Å². The van der Waals surface area contributed by atoms with Gasteiger partial charge < -0.3 is 40.1 Å². The van der Waals surface area contributed by atoms with Gasteiger partial charge in [-0.05, 0) is 52.8 Å². The molecule has 1 aromatic heterocycles. The van der Waals surface area contributed by atoms with Crippen molar-refractivity contribution in [3.8, 4) is 5.75 Å². The second kappa shape index (κ2) is 12.2. The number of carbonyl (C=O) groups is 3. The highest BCUT2D eigenvalue weighted by molar-refractivity contribution is 6.03. The standard InChI is InChI=1S/C26H38N6O6/c1-14(2)27-26(36)31(7)12-22-15(3)11-32(16(4)13-33)24(34)20-10-19(8-9-21(20)37-22)28-25(35)29-23-17(5)30-38-18(23)6/h8-10,14-16,22,33H,11-13H2,1-7H3,(H,27,36)(H2,28,29,35)/t15-,16-,22-/m1/s1. The molecule has 0 bridgehead atoms. The van der Waals surface area contributed by atoms with Gasteiger partial charge in [0.2, 0.25) is 0 Å². The van der Waals surface area contributed by atoms with Crippen LogP contribution >= 0.6 is 0 Å². The number of benzene rings is 1. The molecule has 0 fully saturated rings. The molecule has 3 atom stereocenters. The largest absolute Gasteiger partial charge is 0.487 e. The average Bonchev–Trinajstić information content (AvgIpc) is 3.17. The molecule has 12 heteroatoms. The number of aryl methyl sites for hydroxylation is 2. The summed E-state index contributed by atoms with van der Waals surface area (Å²) in [5, 5.41) is 22.0. The van der Waals surface area contributed by atoms with E-state index >= 15 is 0 Å². The maximum atomic E-state index is 13.6. The number of urea groups is 2. The topological polar surface area (TPSA) is 149 Å². The van der Waals surface area contributed by atoms with Gasteiger partial charge in [-0.25, -0.2) is 9.59 Å². The number of aliphatic hydroxyl groups excluding tert-OH is 1. The zero-order valence-electron chi connectivity index (χ0n) is 23.0. The molecule has 0 saturated heterocycles. The summed E-state index contributed by atoms with van der Waals surface area (Å²) in [4.78, 5) is 41.9. The van der Waals surface area contributed by atoms with Crippen molar-refractivity contribution < 1.29 is 28.8 Å². The minimum absolute atomic E-state index is 0.0133. The predicted octanol–water partition coefficient (Wildman–Crippen LogP) is 3.21. The molecular formula is C26H38N6O6. The second-order valence-corrected chi connectivity index (χ2v) is 10.1. The van der Waals surface area contributed by atoms with Crippen LogP contribution in [0.3, 0.4) is 0 Å². The van der Waals surface area contributed by atoms with Crippen LogP contribution in [-0.2, 0) is 0 Å². The molecule has 0 spiro atoms. The Kier molecular flexibility index (Phi) is 9.21. The van der Waals surface area contributed by atoms with Crippen molar-refractivity contribution in [3.05, 3.63) is 35.2 Å². The second-order valence-electron chi connectivity index (χ2n) is 10.1. The molecule has 0 aliphatic carbocycles. The van der Waals surface area contributed by atoms with Gasteiger partial charge in [-0.1, -0.05) is 12.1 Å². The van der Waals surface area contributed by atoms with Crippen LogP contribution in [0.1, 0.15) is 49.5 Å². The fourth-order valence-electron chi connectivity index (χ4n) is 4.17. The smallest absolute Gasteiger partial charge is 0.323 e. The molecule has 208 valence electrons. The number of aromatic nitrogens is 1. The van der Waals surface area contributed by atoms with Crippen molar-refractivity contribution in [3.63, 3.8) is 0 Å². The number of hydrogen-bond donors (Lipinski definition) is 4. The van der Waals surface area contributed by atoms with Crippen molar-refractivity contribution in [2.24, 2.45) is 5.92 Å². The summed E-state index contributed by atoms with van der Waals surface area (Å²) in [5.74, 6) is 0.331. The van der Waals surface area contributed by atoms with Crippen molar-refractivity contribution in [2.45, 2.75) is 59.7 Å². The first-order valence-electron chi connectivity index (χ1n) is 12.7. The van der Waals surface area contributed by atoms with Crippen LogP contribution in [0.4, 0.5) is 21.0 Å². The third kappa shape index (κ3) is 6.74. The number of anilines is 2. The first-order valence-corrected chi connectivity index (χ1v) is 12.7. The van der Waals surface area contributed by atoms with Gasteiger partial charge in [0.15, 0.2) is 5.76 Å². The Morgan fingerprint density at radius 2 is 1.95 bits per heavy atom. The SMILES string of the molecule is Cc1noc(C)c1NC(=O)Nc1ccc2c(c1)C(=O)N([C@H](C)CO)C[C@@H](C)[C@@H](CN(C)C(=O)NC(C)C)O2. The number of nitrogens with one attached hydrogen (secondary N) is 3. The normalized spacial score (nSPS) is 18.1. The van der Waals surface area contributed by atoms with E-state index in [9.17, 15) is 19.5 Å². The summed E-state index contributed by atoms with van der Waals surface area (Å²) in [6.07, 6.45) is -0.431. The van der Waals surface area contributed by atoms with Crippen molar-refractivity contribution in [1.82, 2.24) is 20.3 Å². The van der Waals surface area contributed by atoms with E-state index in [1.807, 2.05) is 20.8 Å². The monoisotopic (exact) mass is 530 g/mol. The van der Waals surface area contributed by atoms with Crippen LogP contribution in [0.5, 0.6) is 5.75 Å². The molecule has 12 nitrogen and oxygen atoms in total. The number of ether oxygens (including phenoxy) is 1. The Labute approximate surface area is 222 Å². The molecule has 0 saturated carbocycles. The Morgan fingerprint density at radius 3 is 2.55 bits per heavy atom. The molecule has 38 heavy (non-hydrogen) atoms. The minimum Gasteiger partial charge on any atom is -0.487 e. The lowest BCUT2D eigenvalue weighted by Crippen LogP contribution is -2.51. The first kappa shape index (κ1) is 28.8. The van der Waals surface area contributed by atoms with Crippen LogP contribution in [0.15, 0.2) is 22.7 Å². The predicted molar refractivity (Wildman–Crippen MR) is 143 cm³/mol. The number of hydrogen-bond acceptors (Lipinski definition) is 7. The number of aliphatic hydroxyl groups is 1. The van der Waals surface area contributed by atoms with Gasteiger partial charge in [-0.2, -0.15) is 0 Å². The van der Waals surface area contributed by atoms with E-state index in [0.29, 0.717) is 35.1 Å². The Morgan fingerprint density at radius 1 is 1.24 bits per heavy atom. The van der Waals surface area contributed by atoms with Gasteiger partial charge in [-0.3, -0.25) is 4.79 Å². The van der Waals surface area contributed by atoms with Crippen LogP contribution in [-0.4, -0.2) is 83.0 Å². The number of amides is 5. The van der Waals surface area contributed by atoms with Crippen molar-refractivity contribution in [2.75, 3.05) is 37.4 Å². The van der Waals surface area contributed by atoms with Crippen molar-refractivity contribution >= 4 is 29.3 Å². The van der Waals surface area contributed by atoms with Gasteiger partial charge in [-0.15, -0.1) is 0 Å². The molecule has 4 N–H and O–H groups in total. The fraction of sp³-hybridized carbons (Fsp3) is 0.538. The Bertz CT molecular complexity index is 1150.